The van der Waals surface area contributed by atoms with Crippen molar-refractivity contribution < 1.29 is 19.4 Å². The molecule has 2 N–H and O–H groups in total. The fourth-order valence-electron chi connectivity index (χ4n) is 4.06. The predicted molar refractivity (Wildman–Crippen MR) is 111 cm³/mol. The van der Waals surface area contributed by atoms with E-state index in [-0.39, 0.29) is 18.9 Å². The second kappa shape index (κ2) is 8.41. The lowest BCUT2D eigenvalue weighted by Gasteiger charge is -2.19. The summed E-state index contributed by atoms with van der Waals surface area (Å²) in [6.45, 7) is 2.72. The minimum Gasteiger partial charge on any atom is -0.481 e. The van der Waals surface area contributed by atoms with Crippen molar-refractivity contribution in [3.8, 4) is 11.1 Å². The van der Waals surface area contributed by atoms with Gasteiger partial charge in [-0.05, 0) is 29.2 Å². The molecule has 2 aromatic carbocycles. The van der Waals surface area contributed by atoms with Gasteiger partial charge in [0.1, 0.15) is 18.5 Å². The smallest absolute Gasteiger partial charge is 0.407 e. The number of carboxylic acids is 1. The summed E-state index contributed by atoms with van der Waals surface area (Å²) in [5, 5.41) is 11.9. The third kappa shape index (κ3) is 3.78. The molecule has 1 aromatic heterocycles. The lowest BCUT2D eigenvalue weighted by atomic mass is 9.98. The van der Waals surface area contributed by atoms with Crippen molar-refractivity contribution in [3.63, 3.8) is 0 Å². The Bertz CT molecular complexity index is 1030. The Kier molecular flexibility index (Phi) is 5.52. The number of carboxylic acid groups (broad SMARTS) is 1. The Morgan fingerprint density at radius 1 is 1.13 bits per heavy atom. The molecule has 0 saturated carbocycles. The van der Waals surface area contributed by atoms with Crippen molar-refractivity contribution in [1.82, 2.24) is 14.9 Å². The van der Waals surface area contributed by atoms with Crippen LogP contribution in [0.4, 0.5) is 4.79 Å². The number of aryl methyl sites for hydroxylation is 1. The largest absolute Gasteiger partial charge is 0.481 e. The van der Waals surface area contributed by atoms with Crippen LogP contribution in [0, 0.1) is 0 Å². The highest BCUT2D eigenvalue weighted by molar-refractivity contribution is 5.79. The number of alkyl carbamates (subject to hydrolysis) is 1. The zero-order chi connectivity index (χ0) is 21.1. The summed E-state index contributed by atoms with van der Waals surface area (Å²) in [4.78, 5) is 28.1. The van der Waals surface area contributed by atoms with Gasteiger partial charge in [0, 0.05) is 24.9 Å². The van der Waals surface area contributed by atoms with Crippen LogP contribution < -0.4 is 5.32 Å². The minimum absolute atomic E-state index is 0.0568. The van der Waals surface area contributed by atoms with Crippen molar-refractivity contribution >= 4 is 12.1 Å². The number of fused-ring (bicyclic) bond motifs is 3. The highest BCUT2D eigenvalue weighted by Crippen LogP contribution is 2.44. The van der Waals surface area contributed by atoms with Crippen LogP contribution in [-0.2, 0) is 16.1 Å². The van der Waals surface area contributed by atoms with Gasteiger partial charge in [0.25, 0.3) is 0 Å². The molecule has 0 bridgehead atoms. The topological polar surface area (TPSA) is 93.5 Å². The molecular weight excluding hydrogens is 382 g/mol. The number of ether oxygens (including phenoxy) is 1. The molecule has 0 aliphatic heterocycles. The SMILES string of the molecule is CCn1ccnc1[C@@H](CC(=O)O)NC(=O)OCC1c2ccccc2-c2ccccc21. The summed E-state index contributed by atoms with van der Waals surface area (Å²) in [6, 6.07) is 15.4. The van der Waals surface area contributed by atoms with Crippen LogP contribution in [0.1, 0.15) is 42.3 Å². The Morgan fingerprint density at radius 3 is 2.37 bits per heavy atom. The summed E-state index contributed by atoms with van der Waals surface area (Å²) in [7, 11) is 0. The van der Waals surface area contributed by atoms with Crippen LogP contribution >= 0.6 is 0 Å². The van der Waals surface area contributed by atoms with Crippen LogP contribution in [0.25, 0.3) is 11.1 Å². The van der Waals surface area contributed by atoms with Crippen molar-refractivity contribution in [1.29, 1.82) is 0 Å². The molecule has 1 atom stereocenters. The molecule has 1 heterocycles. The highest BCUT2D eigenvalue weighted by atomic mass is 16.5. The Morgan fingerprint density at radius 2 is 1.77 bits per heavy atom. The summed E-state index contributed by atoms with van der Waals surface area (Å²) < 4.78 is 7.35. The van der Waals surface area contributed by atoms with Gasteiger partial charge >= 0.3 is 12.1 Å². The van der Waals surface area contributed by atoms with E-state index in [1.807, 2.05) is 43.3 Å². The maximum Gasteiger partial charge on any atom is 0.407 e. The third-order valence-electron chi connectivity index (χ3n) is 5.41. The molecule has 3 aromatic rings. The van der Waals surface area contributed by atoms with Crippen molar-refractivity contribution in [2.45, 2.75) is 31.8 Å². The number of aromatic nitrogens is 2. The van der Waals surface area contributed by atoms with Gasteiger partial charge in [0.05, 0.1) is 6.42 Å². The Balaban J connectivity index is 1.48. The maximum atomic E-state index is 12.5. The fraction of sp³-hybridized carbons (Fsp3) is 0.261. The lowest BCUT2D eigenvalue weighted by Crippen LogP contribution is -2.33. The molecule has 0 fully saturated rings. The van der Waals surface area contributed by atoms with Crippen LogP contribution in [0.3, 0.4) is 0 Å². The quantitative estimate of drug-likeness (QED) is 0.621. The van der Waals surface area contributed by atoms with Crippen LogP contribution in [0.15, 0.2) is 60.9 Å². The van der Waals surface area contributed by atoms with Gasteiger partial charge in [-0.25, -0.2) is 9.78 Å². The number of carbonyl (C=O) groups is 2. The van der Waals surface area contributed by atoms with Crippen molar-refractivity contribution in [2.24, 2.45) is 0 Å². The minimum atomic E-state index is -1.02. The molecular formula is C23H23N3O4. The number of carbonyl (C=O) groups excluding carboxylic acids is 1. The molecule has 154 valence electrons. The summed E-state index contributed by atoms with van der Waals surface area (Å²) in [5.74, 6) is -0.586. The molecule has 4 rings (SSSR count). The Hall–Kier alpha value is -3.61. The number of aliphatic carboxylic acids is 1. The first-order chi connectivity index (χ1) is 14.6. The zero-order valence-electron chi connectivity index (χ0n) is 16.6. The lowest BCUT2D eigenvalue weighted by molar-refractivity contribution is -0.137. The van der Waals surface area contributed by atoms with Gasteiger partial charge in [0.15, 0.2) is 0 Å². The fourth-order valence-corrected chi connectivity index (χ4v) is 4.06. The Labute approximate surface area is 174 Å². The van der Waals surface area contributed by atoms with Gasteiger partial charge in [-0.1, -0.05) is 48.5 Å². The third-order valence-corrected chi connectivity index (χ3v) is 5.41. The van der Waals surface area contributed by atoms with Gasteiger partial charge < -0.3 is 19.7 Å². The van der Waals surface area contributed by atoms with Gasteiger partial charge in [-0.15, -0.1) is 0 Å². The maximum absolute atomic E-state index is 12.5. The van der Waals surface area contributed by atoms with E-state index in [1.165, 1.54) is 0 Å². The normalized spacial score (nSPS) is 13.4. The molecule has 7 nitrogen and oxygen atoms in total. The molecule has 1 aliphatic carbocycles. The summed E-state index contributed by atoms with van der Waals surface area (Å²) >= 11 is 0. The van der Waals surface area contributed by atoms with E-state index in [9.17, 15) is 14.7 Å². The second-order valence-corrected chi connectivity index (χ2v) is 7.19. The number of amides is 1. The first kappa shape index (κ1) is 19.7. The number of rotatable bonds is 7. The first-order valence-electron chi connectivity index (χ1n) is 9.92. The number of hydrogen-bond donors (Lipinski definition) is 2. The molecule has 0 unspecified atom stereocenters. The van der Waals surface area contributed by atoms with Crippen LogP contribution in [0.5, 0.6) is 0 Å². The second-order valence-electron chi connectivity index (χ2n) is 7.19. The van der Waals surface area contributed by atoms with E-state index in [2.05, 4.69) is 22.4 Å². The van der Waals surface area contributed by atoms with E-state index in [0.717, 1.165) is 22.3 Å². The molecule has 7 heteroatoms. The van der Waals surface area contributed by atoms with E-state index >= 15 is 0 Å². The van der Waals surface area contributed by atoms with Crippen molar-refractivity contribution in [2.75, 3.05) is 6.61 Å². The average Bonchev–Trinajstić information content (AvgIpc) is 3.34. The monoisotopic (exact) mass is 405 g/mol. The first-order valence-corrected chi connectivity index (χ1v) is 9.92. The number of nitrogens with one attached hydrogen (secondary N) is 1. The van der Waals surface area contributed by atoms with E-state index in [0.29, 0.717) is 12.4 Å². The van der Waals surface area contributed by atoms with Gasteiger partial charge in [0.2, 0.25) is 0 Å². The average molecular weight is 405 g/mol. The molecule has 1 aliphatic rings. The van der Waals surface area contributed by atoms with E-state index < -0.39 is 18.1 Å². The number of imidazole rings is 1. The van der Waals surface area contributed by atoms with E-state index in [1.54, 1.807) is 17.0 Å². The summed E-state index contributed by atoms with van der Waals surface area (Å²) in [5.41, 5.74) is 4.54. The standard InChI is InChI=1S/C23H23N3O4/c1-2-26-12-11-24-22(26)20(13-21(27)28)25-23(29)30-14-19-17-9-5-3-7-15(17)16-8-4-6-10-18(16)19/h3-12,19-20H,2,13-14H2,1H3,(H,25,29)(H,27,28)/t20-/m1/s1. The number of benzene rings is 2. The molecule has 0 radical (unpaired) electrons. The highest BCUT2D eigenvalue weighted by Gasteiger charge is 2.30. The zero-order valence-corrected chi connectivity index (χ0v) is 16.6. The van der Waals surface area contributed by atoms with Gasteiger partial charge in [-0.3, -0.25) is 4.79 Å². The van der Waals surface area contributed by atoms with Crippen LogP contribution in [-0.4, -0.2) is 33.3 Å². The van der Waals surface area contributed by atoms with Crippen LogP contribution in [0.2, 0.25) is 0 Å². The molecule has 0 saturated heterocycles. The van der Waals surface area contributed by atoms with E-state index in [4.69, 9.17) is 4.74 Å². The van der Waals surface area contributed by atoms with Gasteiger partial charge in [-0.2, -0.15) is 0 Å². The number of nitrogens with zero attached hydrogens (tertiary/aromatic N) is 2. The summed E-state index contributed by atoms with van der Waals surface area (Å²) in [6.07, 6.45) is 2.41. The predicted octanol–water partition coefficient (Wildman–Crippen LogP) is 3.96. The van der Waals surface area contributed by atoms with Crippen molar-refractivity contribution in [3.05, 3.63) is 77.9 Å². The number of hydrogen-bond acceptors (Lipinski definition) is 4. The molecule has 1 amide bonds. The molecule has 0 spiro atoms. The molecule has 30 heavy (non-hydrogen) atoms.